The largest absolute Gasteiger partial charge is 0.313 e. The van der Waals surface area contributed by atoms with E-state index >= 15 is 0 Å². The summed E-state index contributed by atoms with van der Waals surface area (Å²) in [6.07, 6.45) is 4.10. The second-order valence-electron chi connectivity index (χ2n) is 3.44. The molecule has 1 rings (SSSR count). The summed E-state index contributed by atoms with van der Waals surface area (Å²) in [5.41, 5.74) is 0. The van der Waals surface area contributed by atoms with Crippen LogP contribution in [0.3, 0.4) is 0 Å². The van der Waals surface area contributed by atoms with Gasteiger partial charge in [0.25, 0.3) is 0 Å². The van der Waals surface area contributed by atoms with Gasteiger partial charge in [0.15, 0.2) is 0 Å². The maximum atomic E-state index is 11.1. The summed E-state index contributed by atoms with van der Waals surface area (Å²) < 4.78 is 11.1. The summed E-state index contributed by atoms with van der Waals surface area (Å²) in [4.78, 5) is 0. The molecule has 1 aliphatic rings. The highest BCUT2D eigenvalue weighted by Crippen LogP contribution is 2.09. The Hall–Kier alpha value is 0.200. The highest BCUT2D eigenvalue weighted by atomic mass is 32.2. The van der Waals surface area contributed by atoms with Crippen LogP contribution in [0.1, 0.15) is 12.8 Å². The van der Waals surface area contributed by atoms with E-state index in [-0.39, 0.29) is 0 Å². The van der Waals surface area contributed by atoms with E-state index in [2.05, 4.69) is 11.9 Å². The first-order chi connectivity index (χ1) is 6.83. The Bertz CT molecular complexity index is 187. The minimum Gasteiger partial charge on any atom is -0.313 e. The average Bonchev–Trinajstić information content (AvgIpc) is 2.21. The van der Waals surface area contributed by atoms with Crippen LogP contribution >= 0.6 is 11.8 Å². The zero-order valence-corrected chi connectivity index (χ0v) is 10.2. The number of thioether (sulfide) groups is 1. The van der Waals surface area contributed by atoms with Gasteiger partial charge in [-0.05, 0) is 12.8 Å². The van der Waals surface area contributed by atoms with Gasteiger partial charge in [0.05, 0.1) is 0 Å². The monoisotopic (exact) mass is 233 g/mol. The van der Waals surface area contributed by atoms with Crippen LogP contribution in [0.15, 0.2) is 12.7 Å². The molecule has 14 heavy (non-hydrogen) atoms. The lowest BCUT2D eigenvalue weighted by Gasteiger charge is -2.22. The molecule has 2 nitrogen and oxygen atoms in total. The van der Waals surface area contributed by atoms with Crippen molar-refractivity contribution in [2.45, 2.75) is 18.9 Å². The molecule has 0 aromatic carbocycles. The van der Waals surface area contributed by atoms with Crippen molar-refractivity contribution in [1.82, 2.24) is 5.32 Å². The van der Waals surface area contributed by atoms with Gasteiger partial charge in [0.2, 0.25) is 0 Å². The molecule has 82 valence electrons. The summed E-state index contributed by atoms with van der Waals surface area (Å²) >= 11 is 1.90. The number of rotatable bonds is 6. The van der Waals surface area contributed by atoms with Crippen LogP contribution in [-0.2, 0) is 10.8 Å². The molecule has 0 spiro atoms. The molecule has 0 saturated carbocycles. The van der Waals surface area contributed by atoms with Crippen molar-refractivity contribution in [2.24, 2.45) is 0 Å². The summed E-state index contributed by atoms with van der Waals surface area (Å²) in [5.74, 6) is 3.96. The van der Waals surface area contributed by atoms with E-state index < -0.39 is 10.8 Å². The first kappa shape index (κ1) is 12.3. The van der Waals surface area contributed by atoms with E-state index in [0.717, 1.165) is 42.4 Å². The second kappa shape index (κ2) is 7.49. The van der Waals surface area contributed by atoms with Crippen LogP contribution in [0.25, 0.3) is 0 Å². The number of nitrogens with one attached hydrogen (secondary N) is 1. The van der Waals surface area contributed by atoms with Crippen LogP contribution in [0, 0.1) is 0 Å². The van der Waals surface area contributed by atoms with Gasteiger partial charge < -0.3 is 5.32 Å². The van der Waals surface area contributed by atoms with Crippen molar-refractivity contribution in [3.63, 3.8) is 0 Å². The molecule has 0 unspecified atom stereocenters. The van der Waals surface area contributed by atoms with Gasteiger partial charge >= 0.3 is 0 Å². The minimum atomic E-state index is -0.530. The van der Waals surface area contributed by atoms with Crippen molar-refractivity contribution in [3.8, 4) is 0 Å². The molecule has 1 aliphatic heterocycles. The van der Waals surface area contributed by atoms with Crippen LogP contribution in [0.2, 0.25) is 0 Å². The zero-order chi connectivity index (χ0) is 10.2. The lowest BCUT2D eigenvalue weighted by atomic mass is 10.1. The van der Waals surface area contributed by atoms with Crippen molar-refractivity contribution in [3.05, 3.63) is 12.7 Å². The molecule has 4 heteroatoms. The summed E-state index contributed by atoms with van der Waals surface area (Å²) in [7, 11) is -0.530. The molecule has 1 heterocycles. The molecule has 0 aliphatic carbocycles. The van der Waals surface area contributed by atoms with Crippen molar-refractivity contribution < 1.29 is 4.21 Å². The normalized spacial score (nSPS) is 27.4. The topological polar surface area (TPSA) is 29.1 Å². The fraction of sp³-hybridized carbons (Fsp3) is 0.800. The highest BCUT2D eigenvalue weighted by molar-refractivity contribution is 7.99. The van der Waals surface area contributed by atoms with Crippen LogP contribution < -0.4 is 5.32 Å². The lowest BCUT2D eigenvalue weighted by molar-refractivity contribution is 0.491. The first-order valence-electron chi connectivity index (χ1n) is 5.10. The van der Waals surface area contributed by atoms with E-state index in [1.54, 1.807) is 0 Å². The van der Waals surface area contributed by atoms with E-state index in [4.69, 9.17) is 0 Å². The maximum absolute atomic E-state index is 11.1. The SMILES string of the molecule is C=CCSCCNC1CCS(=O)CC1. The predicted octanol–water partition coefficient (Wildman–Crippen LogP) is 1.41. The highest BCUT2D eigenvalue weighted by Gasteiger charge is 2.16. The van der Waals surface area contributed by atoms with Crippen molar-refractivity contribution >= 4 is 22.6 Å². The Morgan fingerprint density at radius 2 is 2.21 bits per heavy atom. The molecule has 1 saturated heterocycles. The Kier molecular flexibility index (Phi) is 6.56. The lowest BCUT2D eigenvalue weighted by Crippen LogP contribution is -2.36. The van der Waals surface area contributed by atoms with Gasteiger partial charge in [-0.3, -0.25) is 4.21 Å². The Balaban J connectivity index is 1.96. The van der Waals surface area contributed by atoms with E-state index in [9.17, 15) is 4.21 Å². The molecular formula is C10H19NOS2. The van der Waals surface area contributed by atoms with Gasteiger partial charge in [0, 0.05) is 46.4 Å². The fourth-order valence-electron chi connectivity index (χ4n) is 1.50. The van der Waals surface area contributed by atoms with E-state index in [1.807, 2.05) is 17.8 Å². The second-order valence-corrected chi connectivity index (χ2v) is 6.29. The maximum Gasteiger partial charge on any atom is 0.0249 e. The average molecular weight is 233 g/mol. The molecule has 1 N–H and O–H groups in total. The van der Waals surface area contributed by atoms with Crippen LogP contribution in [-0.4, -0.2) is 39.8 Å². The molecule has 0 aromatic heterocycles. The Morgan fingerprint density at radius 1 is 1.50 bits per heavy atom. The van der Waals surface area contributed by atoms with Crippen LogP contribution in [0.5, 0.6) is 0 Å². The number of hydrogen-bond acceptors (Lipinski definition) is 3. The van der Waals surface area contributed by atoms with Gasteiger partial charge in [-0.25, -0.2) is 0 Å². The third-order valence-corrected chi connectivity index (χ3v) is 4.65. The molecular weight excluding hydrogens is 214 g/mol. The third kappa shape index (κ3) is 5.17. The van der Waals surface area contributed by atoms with Crippen molar-refractivity contribution in [1.29, 1.82) is 0 Å². The number of hydrogen-bond donors (Lipinski definition) is 1. The first-order valence-corrected chi connectivity index (χ1v) is 7.74. The molecule has 0 radical (unpaired) electrons. The summed E-state index contributed by atoms with van der Waals surface area (Å²) in [5, 5.41) is 3.51. The van der Waals surface area contributed by atoms with Gasteiger partial charge in [-0.1, -0.05) is 6.08 Å². The van der Waals surface area contributed by atoms with E-state index in [1.165, 1.54) is 0 Å². The predicted molar refractivity (Wildman–Crippen MR) is 66.4 cm³/mol. The Morgan fingerprint density at radius 3 is 2.86 bits per heavy atom. The fourth-order valence-corrected chi connectivity index (χ4v) is 3.39. The van der Waals surface area contributed by atoms with E-state index in [0.29, 0.717) is 6.04 Å². The van der Waals surface area contributed by atoms with Gasteiger partial charge in [0.1, 0.15) is 0 Å². The molecule has 0 amide bonds. The van der Waals surface area contributed by atoms with Gasteiger partial charge in [-0.2, -0.15) is 11.8 Å². The van der Waals surface area contributed by atoms with Crippen LogP contribution in [0.4, 0.5) is 0 Å². The quantitative estimate of drug-likeness (QED) is 0.555. The molecule has 1 fully saturated rings. The Labute approximate surface area is 93.4 Å². The standard InChI is InChI=1S/C10H19NOS2/c1-2-6-13-7-5-11-10-3-8-14(12)9-4-10/h2,10-11H,1,3-9H2. The minimum absolute atomic E-state index is 0.530. The smallest absolute Gasteiger partial charge is 0.0249 e. The zero-order valence-electron chi connectivity index (χ0n) is 8.54. The van der Waals surface area contributed by atoms with Gasteiger partial charge in [-0.15, -0.1) is 6.58 Å². The summed E-state index contributed by atoms with van der Waals surface area (Å²) in [6.45, 7) is 4.75. The third-order valence-electron chi connectivity index (χ3n) is 2.30. The molecule has 0 bridgehead atoms. The van der Waals surface area contributed by atoms with Crippen molar-refractivity contribution in [2.75, 3.05) is 29.6 Å². The molecule has 0 atom stereocenters. The molecule has 0 aromatic rings. The summed E-state index contributed by atoms with van der Waals surface area (Å²) in [6, 6.07) is 0.608.